The molecule has 1 saturated heterocycles. The summed E-state index contributed by atoms with van der Waals surface area (Å²) >= 11 is 0. The predicted molar refractivity (Wildman–Crippen MR) is 127 cm³/mol. The molecule has 2 heterocycles. The molecule has 176 valence electrons. The van der Waals surface area contributed by atoms with Gasteiger partial charge in [0, 0.05) is 25.6 Å². The first-order valence-electron chi connectivity index (χ1n) is 11.9. The van der Waals surface area contributed by atoms with Crippen LogP contribution in [0.5, 0.6) is 5.75 Å². The summed E-state index contributed by atoms with van der Waals surface area (Å²) in [5, 5.41) is 3.18. The molecule has 2 unspecified atom stereocenters. The van der Waals surface area contributed by atoms with Gasteiger partial charge < -0.3 is 24.8 Å². The van der Waals surface area contributed by atoms with Crippen molar-refractivity contribution in [3.8, 4) is 5.75 Å². The highest BCUT2D eigenvalue weighted by Crippen LogP contribution is 2.42. The second-order valence-corrected chi connectivity index (χ2v) is 9.30. The van der Waals surface area contributed by atoms with Gasteiger partial charge in [0.05, 0.1) is 32.7 Å². The maximum Gasteiger partial charge on any atom is 0.254 e. The number of piperazine rings is 1. The van der Waals surface area contributed by atoms with Gasteiger partial charge in [-0.05, 0) is 29.3 Å². The second-order valence-electron chi connectivity index (χ2n) is 9.30. The van der Waals surface area contributed by atoms with Gasteiger partial charge in [0.15, 0.2) is 0 Å². The highest BCUT2D eigenvalue weighted by atomic mass is 16.5. The Morgan fingerprint density at radius 2 is 1.79 bits per heavy atom. The molecule has 0 aromatic heterocycles. The molecule has 0 saturated carbocycles. The minimum absolute atomic E-state index is 0.0274. The molecular weight excluding hydrogens is 416 g/mol. The summed E-state index contributed by atoms with van der Waals surface area (Å²) < 4.78 is 5.29. The van der Waals surface area contributed by atoms with Gasteiger partial charge in [-0.2, -0.15) is 0 Å². The average Bonchev–Trinajstić information content (AvgIpc) is 2.85. The molecule has 1 fully saturated rings. The van der Waals surface area contributed by atoms with Crippen LogP contribution < -0.4 is 19.9 Å². The largest absolute Gasteiger partial charge is 0.497 e. The molecule has 0 radical (unpaired) electrons. The minimum atomic E-state index is -0.461. The lowest BCUT2D eigenvalue weighted by molar-refractivity contribution is -1.00. The molecule has 4 rings (SSSR count). The molecule has 33 heavy (non-hydrogen) atoms. The van der Waals surface area contributed by atoms with E-state index in [2.05, 4.69) is 12.4 Å². The van der Waals surface area contributed by atoms with E-state index in [9.17, 15) is 9.59 Å². The van der Waals surface area contributed by atoms with Crippen molar-refractivity contribution in [2.45, 2.75) is 18.4 Å². The van der Waals surface area contributed by atoms with Gasteiger partial charge in [-0.1, -0.05) is 30.3 Å². The Balaban J connectivity index is 1.50. The third-order valence-corrected chi connectivity index (χ3v) is 7.14. The first-order chi connectivity index (χ1) is 16.0. The molecule has 7 nitrogen and oxygen atoms in total. The Hall–Kier alpha value is -2.90. The number of carbonyl (C=O) groups is 2. The Kier molecular flexibility index (Phi) is 7.30. The molecule has 2 aromatic carbocycles. The number of fused-ring (bicyclic) bond motifs is 1. The second kappa shape index (κ2) is 10.4. The van der Waals surface area contributed by atoms with Crippen LogP contribution in [0.15, 0.2) is 48.5 Å². The third-order valence-electron chi connectivity index (χ3n) is 7.14. The lowest BCUT2D eigenvalue weighted by atomic mass is 9.79. The van der Waals surface area contributed by atoms with Crippen LogP contribution >= 0.6 is 0 Å². The number of carbonyl (C=O) groups excluding carboxylic acids is 2. The molecule has 3 N–H and O–H groups in total. The zero-order valence-electron chi connectivity index (χ0n) is 19.9. The first kappa shape index (κ1) is 23.3. The van der Waals surface area contributed by atoms with E-state index in [1.807, 2.05) is 48.5 Å². The molecule has 2 aliphatic rings. The van der Waals surface area contributed by atoms with Crippen molar-refractivity contribution >= 4 is 11.8 Å². The van der Waals surface area contributed by atoms with Gasteiger partial charge >= 0.3 is 0 Å². The number of methoxy groups -OCH3 is 1. The predicted octanol–water partition coefficient (Wildman–Crippen LogP) is -0.475. The fourth-order valence-corrected chi connectivity index (χ4v) is 5.12. The van der Waals surface area contributed by atoms with Crippen LogP contribution in [-0.4, -0.2) is 77.2 Å². The van der Waals surface area contributed by atoms with Crippen molar-refractivity contribution in [2.24, 2.45) is 0 Å². The number of amides is 2. The number of benzene rings is 2. The van der Waals surface area contributed by atoms with Crippen LogP contribution in [0.1, 0.15) is 39.9 Å². The fourth-order valence-electron chi connectivity index (χ4n) is 5.12. The molecule has 2 amide bonds. The Labute approximate surface area is 196 Å². The van der Waals surface area contributed by atoms with E-state index in [1.54, 1.807) is 28.9 Å². The molecule has 0 aliphatic carbocycles. The summed E-state index contributed by atoms with van der Waals surface area (Å²) in [5.41, 5.74) is 2.33. The third kappa shape index (κ3) is 5.04. The summed E-state index contributed by atoms with van der Waals surface area (Å²) in [7, 11) is 5.66. The van der Waals surface area contributed by atoms with Gasteiger partial charge in [-0.3, -0.25) is 9.59 Å². The molecule has 2 atom stereocenters. The standard InChI is InChI=1S/C26H34N4O3/c1-28-15-17-30(18-16-28)14-6-13-27-25(31)23-21-7-4-5-8-22(21)26(32)29(2)24(23)19-9-11-20(33-3)12-10-19/h4-5,7-12,23-24H,6,13-18H2,1-3H3,(H,27,31)/p+2. The molecule has 0 spiro atoms. The van der Waals surface area contributed by atoms with E-state index in [0.29, 0.717) is 12.1 Å². The summed E-state index contributed by atoms with van der Waals surface area (Å²) in [6, 6.07) is 14.8. The summed E-state index contributed by atoms with van der Waals surface area (Å²) in [6.07, 6.45) is 0.955. The Morgan fingerprint density at radius 1 is 1.09 bits per heavy atom. The van der Waals surface area contributed by atoms with Crippen molar-refractivity contribution in [1.29, 1.82) is 0 Å². The molecule has 0 bridgehead atoms. The summed E-state index contributed by atoms with van der Waals surface area (Å²) in [6.45, 7) is 6.55. The molecular formula is C26H36N4O3+2. The van der Waals surface area contributed by atoms with E-state index >= 15 is 0 Å². The normalized spacial score (nSPS) is 24.8. The van der Waals surface area contributed by atoms with Crippen LogP contribution in [0, 0.1) is 0 Å². The van der Waals surface area contributed by atoms with E-state index < -0.39 is 5.92 Å². The summed E-state index contributed by atoms with van der Waals surface area (Å²) in [4.78, 5) is 31.6. The van der Waals surface area contributed by atoms with Crippen LogP contribution in [0.2, 0.25) is 0 Å². The van der Waals surface area contributed by atoms with Crippen LogP contribution in [-0.2, 0) is 4.79 Å². The van der Waals surface area contributed by atoms with Crippen LogP contribution in [0.4, 0.5) is 0 Å². The number of ether oxygens (including phenoxy) is 1. The Bertz CT molecular complexity index is 970. The van der Waals surface area contributed by atoms with Gasteiger partial charge in [0.2, 0.25) is 5.91 Å². The molecule has 7 heteroatoms. The van der Waals surface area contributed by atoms with Crippen LogP contribution in [0.25, 0.3) is 0 Å². The van der Waals surface area contributed by atoms with Crippen molar-refractivity contribution in [1.82, 2.24) is 10.2 Å². The number of nitrogens with zero attached hydrogens (tertiary/aromatic N) is 1. The number of hydrogen-bond donors (Lipinski definition) is 3. The quantitative estimate of drug-likeness (QED) is 0.498. The van der Waals surface area contributed by atoms with Gasteiger partial charge in [-0.15, -0.1) is 0 Å². The van der Waals surface area contributed by atoms with Crippen molar-refractivity contribution in [3.05, 3.63) is 65.2 Å². The SMILES string of the molecule is COc1ccc(C2C(C(=O)NCCC[NH+]3CC[NH+](C)CC3)c3ccccc3C(=O)N2C)cc1. The number of likely N-dealkylation sites (N-methyl/N-ethyl adjacent to an activating group) is 2. The number of quaternary nitrogens is 2. The van der Waals surface area contributed by atoms with Gasteiger partial charge in [-0.25, -0.2) is 0 Å². The maximum atomic E-state index is 13.5. The van der Waals surface area contributed by atoms with Crippen molar-refractivity contribution in [2.75, 3.05) is 60.5 Å². The Morgan fingerprint density at radius 3 is 2.48 bits per heavy atom. The first-order valence-corrected chi connectivity index (χ1v) is 11.9. The van der Waals surface area contributed by atoms with E-state index in [1.165, 1.54) is 26.2 Å². The summed E-state index contributed by atoms with van der Waals surface area (Å²) in [5.74, 6) is 0.200. The van der Waals surface area contributed by atoms with Crippen molar-refractivity contribution < 1.29 is 24.1 Å². The number of nitrogens with one attached hydrogen (secondary N) is 3. The highest BCUT2D eigenvalue weighted by molar-refractivity contribution is 6.01. The molecule has 2 aliphatic heterocycles. The van der Waals surface area contributed by atoms with E-state index in [-0.39, 0.29) is 17.9 Å². The van der Waals surface area contributed by atoms with Crippen LogP contribution in [0.3, 0.4) is 0 Å². The maximum absolute atomic E-state index is 13.5. The number of rotatable bonds is 7. The van der Waals surface area contributed by atoms with E-state index in [0.717, 1.165) is 29.8 Å². The minimum Gasteiger partial charge on any atom is -0.497 e. The van der Waals surface area contributed by atoms with Crippen molar-refractivity contribution in [3.63, 3.8) is 0 Å². The van der Waals surface area contributed by atoms with E-state index in [4.69, 9.17) is 4.74 Å². The zero-order chi connectivity index (χ0) is 23.4. The zero-order valence-corrected chi connectivity index (χ0v) is 19.9. The van der Waals surface area contributed by atoms with Gasteiger partial charge in [0.25, 0.3) is 5.91 Å². The molecule has 2 aromatic rings. The topological polar surface area (TPSA) is 67.5 Å². The fraction of sp³-hybridized carbons (Fsp3) is 0.462. The monoisotopic (exact) mass is 452 g/mol. The highest BCUT2D eigenvalue weighted by Gasteiger charge is 2.42. The average molecular weight is 453 g/mol. The lowest BCUT2D eigenvalue weighted by Gasteiger charge is -2.39. The lowest BCUT2D eigenvalue weighted by Crippen LogP contribution is -3.27. The van der Waals surface area contributed by atoms with Gasteiger partial charge in [0.1, 0.15) is 31.9 Å². The number of hydrogen-bond acceptors (Lipinski definition) is 3. The smallest absolute Gasteiger partial charge is 0.254 e.